The van der Waals surface area contributed by atoms with Gasteiger partial charge in [0.15, 0.2) is 4.93 Å². The van der Waals surface area contributed by atoms with Crippen molar-refractivity contribution < 1.29 is 9.84 Å². The number of aromatic hydroxyl groups is 1. The number of ether oxygens (including phenoxy) is 1. The first-order valence-corrected chi connectivity index (χ1v) is 13.0. The monoisotopic (exact) mass is 444 g/mol. The molecule has 1 heterocycles. The second-order valence-electron chi connectivity index (χ2n) is 10.5. The Hall–Kier alpha value is -2.13. The van der Waals surface area contributed by atoms with Gasteiger partial charge in [0.1, 0.15) is 11.5 Å². The van der Waals surface area contributed by atoms with Gasteiger partial charge >= 0.3 is 0 Å². The topological polar surface area (TPSA) is 29.5 Å². The van der Waals surface area contributed by atoms with Crippen LogP contribution in [0.1, 0.15) is 76.3 Å². The Kier molecular flexibility index (Phi) is 4.60. The van der Waals surface area contributed by atoms with Crippen molar-refractivity contribution in [2.45, 2.75) is 75.0 Å². The molecule has 1 N–H and O–H groups in total. The summed E-state index contributed by atoms with van der Waals surface area (Å²) in [6.45, 7) is 8.99. The Balaban J connectivity index is 1.61. The van der Waals surface area contributed by atoms with E-state index in [-0.39, 0.29) is 4.93 Å². The minimum absolute atomic E-state index is 0.262. The Morgan fingerprint density at radius 3 is 2.31 bits per heavy atom. The number of phenols is 1. The third-order valence-corrected chi connectivity index (χ3v) is 10.0. The highest BCUT2D eigenvalue weighted by molar-refractivity contribution is 8.01. The van der Waals surface area contributed by atoms with Crippen LogP contribution in [0.2, 0.25) is 0 Å². The molecule has 1 aliphatic heterocycles. The summed E-state index contributed by atoms with van der Waals surface area (Å²) in [6.07, 6.45) is 5.04. The van der Waals surface area contributed by atoms with E-state index in [1.807, 2.05) is 11.8 Å². The number of phenolic OH excluding ortho intramolecular Hbond substituents is 1. The third-order valence-electron chi connectivity index (χ3n) is 8.15. The summed E-state index contributed by atoms with van der Waals surface area (Å²) >= 11 is 1.87. The van der Waals surface area contributed by atoms with Crippen LogP contribution in [0.25, 0.3) is 21.9 Å². The number of hydrogen-bond donors (Lipinski definition) is 1. The summed E-state index contributed by atoms with van der Waals surface area (Å²) < 4.78 is 6.63. The molecule has 0 bridgehead atoms. The van der Waals surface area contributed by atoms with Gasteiger partial charge in [0.05, 0.1) is 4.90 Å². The van der Waals surface area contributed by atoms with E-state index in [0.717, 1.165) is 11.1 Å². The molecule has 0 radical (unpaired) electrons. The first kappa shape index (κ1) is 20.5. The summed E-state index contributed by atoms with van der Waals surface area (Å²) in [6, 6.07) is 15.5. The summed E-state index contributed by atoms with van der Waals surface area (Å²) in [5.41, 5.74) is 5.55. The lowest BCUT2D eigenvalue weighted by Crippen LogP contribution is -2.40. The lowest BCUT2D eigenvalue weighted by molar-refractivity contribution is 0.0757. The number of hydrogen-bond acceptors (Lipinski definition) is 3. The molecular weight excluding hydrogens is 412 g/mol. The predicted octanol–water partition coefficient (Wildman–Crippen LogP) is 8.46. The largest absolute Gasteiger partial charge is 0.507 e. The lowest BCUT2D eigenvalue weighted by Gasteiger charge is -2.39. The molecule has 0 spiro atoms. The molecule has 0 aromatic heterocycles. The zero-order valence-corrected chi connectivity index (χ0v) is 20.3. The zero-order valence-electron chi connectivity index (χ0n) is 19.4. The lowest BCUT2D eigenvalue weighted by atomic mass is 9.65. The van der Waals surface area contributed by atoms with Crippen LogP contribution in [0.3, 0.4) is 0 Å². The molecule has 3 aromatic carbocycles. The van der Waals surface area contributed by atoms with Crippen LogP contribution in [-0.2, 0) is 0 Å². The molecule has 0 saturated heterocycles. The maximum Gasteiger partial charge on any atom is 0.163 e. The second-order valence-corrected chi connectivity index (χ2v) is 11.8. The highest BCUT2D eigenvalue weighted by Gasteiger charge is 2.46. The average Bonchev–Trinajstić information content (AvgIpc) is 3.18. The van der Waals surface area contributed by atoms with Gasteiger partial charge in [-0.05, 0) is 70.5 Å². The Labute approximate surface area is 195 Å². The van der Waals surface area contributed by atoms with E-state index in [9.17, 15) is 5.11 Å². The fourth-order valence-electron chi connectivity index (χ4n) is 6.61. The molecule has 3 aromatic rings. The van der Waals surface area contributed by atoms with Crippen molar-refractivity contribution >= 4 is 22.5 Å². The SMILES string of the molecule is CC(C)C1(C(C)C)Oc2cc3c(O)cc4c(c3cc2S1)-c1ccccc1C1CCCCC41. The highest BCUT2D eigenvalue weighted by Crippen LogP contribution is 2.59. The average molecular weight is 445 g/mol. The van der Waals surface area contributed by atoms with Crippen LogP contribution in [0.4, 0.5) is 0 Å². The van der Waals surface area contributed by atoms with Crippen molar-refractivity contribution in [3.8, 4) is 22.6 Å². The van der Waals surface area contributed by atoms with Crippen LogP contribution < -0.4 is 4.74 Å². The normalized spacial score (nSPS) is 22.9. The van der Waals surface area contributed by atoms with Crippen LogP contribution in [0.15, 0.2) is 47.4 Å². The molecule has 3 aliphatic rings. The summed E-state index contributed by atoms with van der Waals surface area (Å²) in [5.74, 6) is 3.16. The first-order chi connectivity index (χ1) is 15.4. The van der Waals surface area contributed by atoms with E-state index in [2.05, 4.69) is 70.2 Å². The molecule has 3 heteroatoms. The van der Waals surface area contributed by atoms with Gasteiger partial charge < -0.3 is 9.84 Å². The molecule has 32 heavy (non-hydrogen) atoms. The van der Waals surface area contributed by atoms with Crippen LogP contribution in [0, 0.1) is 11.8 Å². The predicted molar refractivity (Wildman–Crippen MR) is 134 cm³/mol. The van der Waals surface area contributed by atoms with Gasteiger partial charge in [-0.3, -0.25) is 0 Å². The molecular formula is C29H32O2S. The van der Waals surface area contributed by atoms with Crippen LogP contribution >= 0.6 is 11.8 Å². The Bertz CT molecular complexity index is 1220. The molecule has 1 saturated carbocycles. The number of rotatable bonds is 2. The highest BCUT2D eigenvalue weighted by atomic mass is 32.2. The van der Waals surface area contributed by atoms with E-state index in [1.54, 1.807) is 0 Å². The molecule has 6 rings (SSSR count). The van der Waals surface area contributed by atoms with Gasteiger partial charge in [0, 0.05) is 17.2 Å². The number of thioether (sulfide) groups is 1. The molecule has 2 aliphatic carbocycles. The van der Waals surface area contributed by atoms with Crippen molar-refractivity contribution in [2.24, 2.45) is 11.8 Å². The molecule has 2 unspecified atom stereocenters. The third kappa shape index (κ3) is 2.73. The quantitative estimate of drug-likeness (QED) is 0.430. The Morgan fingerprint density at radius 2 is 1.59 bits per heavy atom. The van der Waals surface area contributed by atoms with E-state index >= 15 is 0 Å². The zero-order chi connectivity index (χ0) is 22.2. The second kappa shape index (κ2) is 7.18. The number of fused-ring (bicyclic) bond motifs is 9. The fourth-order valence-corrected chi connectivity index (χ4v) is 7.93. The summed E-state index contributed by atoms with van der Waals surface area (Å²) in [7, 11) is 0. The minimum atomic E-state index is -0.262. The fraction of sp³-hybridized carbons (Fsp3) is 0.448. The molecule has 166 valence electrons. The minimum Gasteiger partial charge on any atom is -0.507 e. The van der Waals surface area contributed by atoms with Crippen molar-refractivity contribution in [3.63, 3.8) is 0 Å². The van der Waals surface area contributed by atoms with Crippen molar-refractivity contribution in [2.75, 3.05) is 0 Å². The van der Waals surface area contributed by atoms with E-state index in [0.29, 0.717) is 29.4 Å². The molecule has 2 atom stereocenters. The van der Waals surface area contributed by atoms with Crippen LogP contribution in [0.5, 0.6) is 11.5 Å². The van der Waals surface area contributed by atoms with Crippen molar-refractivity contribution in [1.29, 1.82) is 0 Å². The first-order valence-electron chi connectivity index (χ1n) is 12.2. The Morgan fingerprint density at radius 1 is 0.906 bits per heavy atom. The van der Waals surface area contributed by atoms with Gasteiger partial charge in [-0.2, -0.15) is 0 Å². The van der Waals surface area contributed by atoms with Crippen molar-refractivity contribution in [1.82, 2.24) is 0 Å². The smallest absolute Gasteiger partial charge is 0.163 e. The molecule has 0 amide bonds. The number of benzene rings is 3. The van der Waals surface area contributed by atoms with Gasteiger partial charge in [0.2, 0.25) is 0 Å². The van der Waals surface area contributed by atoms with Crippen molar-refractivity contribution in [3.05, 3.63) is 53.6 Å². The van der Waals surface area contributed by atoms with Gasteiger partial charge in [-0.25, -0.2) is 0 Å². The van der Waals surface area contributed by atoms with E-state index < -0.39 is 0 Å². The maximum atomic E-state index is 11.2. The van der Waals surface area contributed by atoms with Gasteiger partial charge in [-0.15, -0.1) is 0 Å². The molecule has 2 nitrogen and oxygen atoms in total. The van der Waals surface area contributed by atoms with Gasteiger partial charge in [-0.1, -0.05) is 76.6 Å². The standard InChI is InChI=1S/C29H32O2S/c1-16(2)29(17(3)4)31-26-14-22-24(15-27(26)32-29)28-21-12-8-7-10-19(21)18-9-5-6-11-20(18)23(28)13-25(22)30/h7-8,10,12-18,20,30H,5-6,9,11H2,1-4H3. The maximum absolute atomic E-state index is 11.2. The van der Waals surface area contributed by atoms with Crippen LogP contribution in [-0.4, -0.2) is 10.0 Å². The molecule has 1 fully saturated rings. The summed E-state index contributed by atoms with van der Waals surface area (Å²) in [5, 5.41) is 13.3. The van der Waals surface area contributed by atoms with E-state index in [1.165, 1.54) is 58.2 Å². The summed E-state index contributed by atoms with van der Waals surface area (Å²) in [4.78, 5) is 0.942. The van der Waals surface area contributed by atoms with Gasteiger partial charge in [0.25, 0.3) is 0 Å². The van der Waals surface area contributed by atoms with E-state index in [4.69, 9.17) is 4.74 Å².